The molecule has 3 nitrogen and oxygen atoms in total. The van der Waals surface area contributed by atoms with Crippen LogP contribution in [0.1, 0.15) is 26.7 Å². The SMILES string of the molecule is CC(=O)[C@@H]1CC=C[C@H]2C[C@@H](C)OC(=O)[C@@H]21. The van der Waals surface area contributed by atoms with Gasteiger partial charge in [-0.05, 0) is 32.6 Å². The van der Waals surface area contributed by atoms with Crippen LogP contribution in [0, 0.1) is 17.8 Å². The minimum absolute atomic E-state index is 0.0193. The van der Waals surface area contributed by atoms with E-state index in [2.05, 4.69) is 6.08 Å². The van der Waals surface area contributed by atoms with Gasteiger partial charge in [-0.25, -0.2) is 0 Å². The summed E-state index contributed by atoms with van der Waals surface area (Å²) in [4.78, 5) is 23.2. The molecule has 82 valence electrons. The highest BCUT2D eigenvalue weighted by Crippen LogP contribution is 2.38. The number of carbonyl (C=O) groups is 2. The third-order valence-corrected chi connectivity index (χ3v) is 3.38. The smallest absolute Gasteiger partial charge is 0.310 e. The van der Waals surface area contributed by atoms with Crippen molar-refractivity contribution in [3.8, 4) is 0 Å². The Labute approximate surface area is 89.5 Å². The second-order valence-corrected chi connectivity index (χ2v) is 4.55. The lowest BCUT2D eigenvalue weighted by molar-refractivity contribution is -0.167. The molecular weight excluding hydrogens is 192 g/mol. The number of esters is 1. The molecule has 2 aliphatic rings. The molecule has 0 radical (unpaired) electrons. The quantitative estimate of drug-likeness (QED) is 0.487. The Morgan fingerprint density at radius 2 is 2.27 bits per heavy atom. The van der Waals surface area contributed by atoms with E-state index in [-0.39, 0.29) is 35.6 Å². The number of cyclic esters (lactones) is 1. The van der Waals surface area contributed by atoms with E-state index in [9.17, 15) is 9.59 Å². The summed E-state index contributed by atoms with van der Waals surface area (Å²) < 4.78 is 5.21. The summed E-state index contributed by atoms with van der Waals surface area (Å²) in [7, 11) is 0. The minimum Gasteiger partial charge on any atom is -0.462 e. The molecule has 1 aliphatic carbocycles. The van der Waals surface area contributed by atoms with Crippen LogP contribution in [0.2, 0.25) is 0 Å². The van der Waals surface area contributed by atoms with E-state index in [4.69, 9.17) is 4.74 Å². The second kappa shape index (κ2) is 3.80. The summed E-state index contributed by atoms with van der Waals surface area (Å²) in [5.41, 5.74) is 0. The maximum Gasteiger partial charge on any atom is 0.310 e. The Morgan fingerprint density at radius 3 is 2.93 bits per heavy atom. The number of ketones is 1. The molecule has 0 aromatic rings. The van der Waals surface area contributed by atoms with Gasteiger partial charge in [-0.15, -0.1) is 0 Å². The first-order valence-electron chi connectivity index (χ1n) is 5.47. The first kappa shape index (κ1) is 10.4. The fraction of sp³-hybridized carbons (Fsp3) is 0.667. The highest BCUT2D eigenvalue weighted by molar-refractivity contribution is 5.86. The lowest BCUT2D eigenvalue weighted by atomic mass is 9.71. The zero-order valence-corrected chi connectivity index (χ0v) is 9.10. The van der Waals surface area contributed by atoms with Gasteiger partial charge in [-0.2, -0.15) is 0 Å². The van der Waals surface area contributed by atoms with Crippen molar-refractivity contribution in [2.45, 2.75) is 32.8 Å². The van der Waals surface area contributed by atoms with Crippen molar-refractivity contribution in [2.24, 2.45) is 17.8 Å². The van der Waals surface area contributed by atoms with Gasteiger partial charge in [0.1, 0.15) is 5.78 Å². The van der Waals surface area contributed by atoms with Crippen LogP contribution < -0.4 is 0 Å². The fourth-order valence-corrected chi connectivity index (χ4v) is 2.66. The number of allylic oxidation sites excluding steroid dienone is 2. The summed E-state index contributed by atoms with van der Waals surface area (Å²) in [6.45, 7) is 3.46. The van der Waals surface area contributed by atoms with Gasteiger partial charge < -0.3 is 4.74 Å². The van der Waals surface area contributed by atoms with Crippen molar-refractivity contribution in [3.05, 3.63) is 12.2 Å². The van der Waals surface area contributed by atoms with Crippen molar-refractivity contribution in [3.63, 3.8) is 0 Å². The molecule has 0 bridgehead atoms. The third kappa shape index (κ3) is 1.83. The zero-order chi connectivity index (χ0) is 11.0. The highest BCUT2D eigenvalue weighted by atomic mass is 16.5. The monoisotopic (exact) mass is 208 g/mol. The van der Waals surface area contributed by atoms with E-state index >= 15 is 0 Å². The number of Topliss-reactive ketones (excluding diaryl/α,β-unsaturated/α-hetero) is 1. The van der Waals surface area contributed by atoms with Crippen LogP contribution in [0.3, 0.4) is 0 Å². The summed E-state index contributed by atoms with van der Waals surface area (Å²) in [5.74, 6) is -0.295. The number of hydrogen-bond acceptors (Lipinski definition) is 3. The van der Waals surface area contributed by atoms with Crippen LogP contribution >= 0.6 is 0 Å². The predicted octanol–water partition coefficient (Wildman–Crippen LogP) is 1.72. The molecule has 0 unspecified atom stereocenters. The van der Waals surface area contributed by atoms with Crippen LogP contribution in [-0.4, -0.2) is 17.9 Å². The number of ether oxygens (including phenoxy) is 1. The number of carbonyl (C=O) groups excluding carboxylic acids is 2. The van der Waals surface area contributed by atoms with E-state index < -0.39 is 0 Å². The van der Waals surface area contributed by atoms with Gasteiger partial charge in [-0.3, -0.25) is 9.59 Å². The van der Waals surface area contributed by atoms with E-state index in [1.165, 1.54) is 0 Å². The minimum atomic E-state index is -0.233. The van der Waals surface area contributed by atoms with Crippen molar-refractivity contribution < 1.29 is 14.3 Å². The van der Waals surface area contributed by atoms with Crippen molar-refractivity contribution in [1.29, 1.82) is 0 Å². The fourth-order valence-electron chi connectivity index (χ4n) is 2.66. The molecule has 0 spiro atoms. The molecular formula is C12H16O3. The molecule has 4 atom stereocenters. The highest BCUT2D eigenvalue weighted by Gasteiger charge is 2.43. The average molecular weight is 208 g/mol. The maximum absolute atomic E-state index is 11.7. The Morgan fingerprint density at radius 1 is 1.53 bits per heavy atom. The van der Waals surface area contributed by atoms with Crippen molar-refractivity contribution in [1.82, 2.24) is 0 Å². The number of hydrogen-bond donors (Lipinski definition) is 0. The molecule has 0 N–H and O–H groups in total. The zero-order valence-electron chi connectivity index (χ0n) is 9.10. The van der Waals surface area contributed by atoms with Gasteiger partial charge in [0.2, 0.25) is 0 Å². The Kier molecular flexibility index (Phi) is 2.63. The normalized spacial score (nSPS) is 39.5. The second-order valence-electron chi connectivity index (χ2n) is 4.55. The standard InChI is InChI=1S/C12H16O3/c1-7-6-9-4-3-5-10(8(2)13)11(9)12(14)15-7/h3-4,7,9-11H,5-6H2,1-2H3/t7-,9+,10+,11+/m1/s1. The van der Waals surface area contributed by atoms with Crippen LogP contribution in [-0.2, 0) is 14.3 Å². The predicted molar refractivity (Wildman–Crippen MR) is 55.1 cm³/mol. The van der Waals surface area contributed by atoms with E-state index in [1.807, 2.05) is 13.0 Å². The van der Waals surface area contributed by atoms with Crippen LogP contribution in [0.15, 0.2) is 12.2 Å². The van der Waals surface area contributed by atoms with Crippen LogP contribution in [0.5, 0.6) is 0 Å². The summed E-state index contributed by atoms with van der Waals surface area (Å²) in [5, 5.41) is 0. The maximum atomic E-state index is 11.7. The molecule has 0 saturated carbocycles. The van der Waals surface area contributed by atoms with Gasteiger partial charge in [-0.1, -0.05) is 12.2 Å². The topological polar surface area (TPSA) is 43.4 Å². The molecule has 3 heteroatoms. The Hall–Kier alpha value is -1.12. The molecule has 0 amide bonds. The molecule has 1 saturated heterocycles. The molecule has 15 heavy (non-hydrogen) atoms. The lowest BCUT2D eigenvalue weighted by Crippen LogP contribution is -2.43. The lowest BCUT2D eigenvalue weighted by Gasteiger charge is -2.37. The van der Waals surface area contributed by atoms with Gasteiger partial charge in [0.05, 0.1) is 12.0 Å². The van der Waals surface area contributed by atoms with Crippen LogP contribution in [0.25, 0.3) is 0 Å². The Balaban J connectivity index is 2.25. The number of rotatable bonds is 1. The summed E-state index contributed by atoms with van der Waals surface area (Å²) >= 11 is 0. The summed E-state index contributed by atoms with van der Waals surface area (Å²) in [6, 6.07) is 0. The third-order valence-electron chi connectivity index (χ3n) is 3.38. The van der Waals surface area contributed by atoms with E-state index in [0.717, 1.165) is 6.42 Å². The molecule has 2 rings (SSSR count). The van der Waals surface area contributed by atoms with Crippen molar-refractivity contribution in [2.75, 3.05) is 0 Å². The molecule has 1 fully saturated rings. The first-order valence-corrected chi connectivity index (χ1v) is 5.47. The Bertz CT molecular complexity index is 319. The van der Waals surface area contributed by atoms with Gasteiger partial charge in [0.15, 0.2) is 0 Å². The van der Waals surface area contributed by atoms with Crippen molar-refractivity contribution >= 4 is 11.8 Å². The van der Waals surface area contributed by atoms with Gasteiger partial charge >= 0.3 is 5.97 Å². The van der Waals surface area contributed by atoms with Gasteiger partial charge in [0.25, 0.3) is 0 Å². The molecule has 0 aromatic heterocycles. The van der Waals surface area contributed by atoms with Crippen LogP contribution in [0.4, 0.5) is 0 Å². The van der Waals surface area contributed by atoms with E-state index in [0.29, 0.717) is 6.42 Å². The molecule has 1 heterocycles. The first-order chi connectivity index (χ1) is 7.09. The summed E-state index contributed by atoms with van der Waals surface area (Å²) in [6.07, 6.45) is 5.60. The average Bonchev–Trinajstić information content (AvgIpc) is 2.16. The largest absolute Gasteiger partial charge is 0.462 e. The van der Waals surface area contributed by atoms with E-state index in [1.54, 1.807) is 6.92 Å². The van der Waals surface area contributed by atoms with Gasteiger partial charge in [0, 0.05) is 5.92 Å². The molecule has 0 aromatic carbocycles. The molecule has 1 aliphatic heterocycles. The number of fused-ring (bicyclic) bond motifs is 1.